The molecule has 13 rings (SSSR count). The first-order valence-corrected chi connectivity index (χ1v) is 19.5. The largest absolute Gasteiger partial charge is 0.456 e. The Hall–Kier alpha value is -7.82. The Labute approximate surface area is 330 Å². The van der Waals surface area contributed by atoms with E-state index in [0.29, 0.717) is 0 Å². The Morgan fingerprint density at radius 1 is 0.172 bits per heavy atom. The van der Waals surface area contributed by atoms with Gasteiger partial charge >= 0.3 is 0 Å². The summed E-state index contributed by atoms with van der Waals surface area (Å²) < 4.78 is 25.7. The van der Waals surface area contributed by atoms with Crippen molar-refractivity contribution in [1.29, 1.82) is 0 Å². The van der Waals surface area contributed by atoms with Gasteiger partial charge in [0.15, 0.2) is 0 Å². The third-order valence-corrected chi connectivity index (χ3v) is 11.9. The molecule has 4 aromatic heterocycles. The van der Waals surface area contributed by atoms with Gasteiger partial charge in [-0.2, -0.15) is 0 Å². The van der Waals surface area contributed by atoms with E-state index < -0.39 is 0 Å². The first-order valence-electron chi connectivity index (χ1n) is 19.5. The fraction of sp³-hybridized carbons (Fsp3) is 0. The molecule has 0 aliphatic heterocycles. The van der Waals surface area contributed by atoms with Crippen molar-refractivity contribution >= 4 is 87.8 Å². The molecule has 9 aromatic carbocycles. The summed E-state index contributed by atoms with van der Waals surface area (Å²) in [7, 11) is 0. The monoisotopic (exact) mass is 742 g/mol. The van der Waals surface area contributed by atoms with E-state index in [4.69, 9.17) is 17.7 Å². The van der Waals surface area contributed by atoms with Gasteiger partial charge in [-0.25, -0.2) is 0 Å². The van der Waals surface area contributed by atoms with Crippen molar-refractivity contribution in [2.24, 2.45) is 0 Å². The van der Waals surface area contributed by atoms with Gasteiger partial charge in [0.1, 0.15) is 44.7 Å². The molecule has 0 unspecified atom stereocenters. The van der Waals surface area contributed by atoms with Crippen LogP contribution >= 0.6 is 0 Å². The van der Waals surface area contributed by atoms with Crippen molar-refractivity contribution in [2.75, 3.05) is 0 Å². The van der Waals surface area contributed by atoms with Crippen LogP contribution in [0.5, 0.6) is 0 Å². The SMILES string of the molecule is c1ccc(-c2ccc3oc4cc5c(cc4c3c2)oc2ccc(-c3cccc(-c4ccc6oc7cc8c(cc7c6c4)oc4ccc(-c6ccccc6)cc48)c3)cc25)cc1. The molecular formula is C54H30O4. The first-order chi connectivity index (χ1) is 28.7. The minimum atomic E-state index is 0.846. The lowest BCUT2D eigenvalue weighted by Gasteiger charge is -2.07. The van der Waals surface area contributed by atoms with Crippen LogP contribution in [0.1, 0.15) is 0 Å². The Balaban J connectivity index is 0.873. The maximum absolute atomic E-state index is 6.46. The van der Waals surface area contributed by atoms with Gasteiger partial charge in [-0.3, -0.25) is 0 Å². The summed E-state index contributed by atoms with van der Waals surface area (Å²) in [5.41, 5.74) is 16.0. The van der Waals surface area contributed by atoms with E-state index in [1.165, 1.54) is 11.1 Å². The Bertz CT molecular complexity index is 3540. The molecule has 0 saturated heterocycles. The molecular weight excluding hydrogens is 713 g/mol. The summed E-state index contributed by atoms with van der Waals surface area (Å²) >= 11 is 0. The van der Waals surface area contributed by atoms with Crippen molar-refractivity contribution in [3.05, 3.63) is 182 Å². The highest BCUT2D eigenvalue weighted by Crippen LogP contribution is 2.42. The van der Waals surface area contributed by atoms with Crippen LogP contribution in [0.25, 0.3) is 132 Å². The third-order valence-electron chi connectivity index (χ3n) is 11.9. The van der Waals surface area contributed by atoms with Gasteiger partial charge in [0.25, 0.3) is 0 Å². The van der Waals surface area contributed by atoms with E-state index >= 15 is 0 Å². The lowest BCUT2D eigenvalue weighted by molar-refractivity contribution is 0.664. The maximum Gasteiger partial charge on any atom is 0.136 e. The highest BCUT2D eigenvalue weighted by molar-refractivity contribution is 6.17. The van der Waals surface area contributed by atoms with Crippen LogP contribution in [0.4, 0.5) is 0 Å². The molecule has 0 saturated carbocycles. The van der Waals surface area contributed by atoms with Gasteiger partial charge in [-0.15, -0.1) is 0 Å². The van der Waals surface area contributed by atoms with E-state index in [2.05, 4.69) is 170 Å². The predicted molar refractivity (Wildman–Crippen MR) is 237 cm³/mol. The van der Waals surface area contributed by atoms with Gasteiger partial charge < -0.3 is 17.7 Å². The molecule has 0 fully saturated rings. The number of furan rings is 4. The van der Waals surface area contributed by atoms with Gasteiger partial charge in [0.05, 0.1) is 0 Å². The highest BCUT2D eigenvalue weighted by atomic mass is 16.3. The van der Waals surface area contributed by atoms with E-state index in [9.17, 15) is 0 Å². The number of benzene rings is 9. The molecule has 270 valence electrons. The second-order valence-corrected chi connectivity index (χ2v) is 15.3. The molecule has 0 spiro atoms. The van der Waals surface area contributed by atoms with Crippen LogP contribution in [0.3, 0.4) is 0 Å². The fourth-order valence-corrected chi connectivity index (χ4v) is 8.95. The Morgan fingerprint density at radius 3 is 0.759 bits per heavy atom. The second-order valence-electron chi connectivity index (χ2n) is 15.3. The predicted octanol–water partition coefficient (Wildman–Crippen LogP) is 16.0. The smallest absolute Gasteiger partial charge is 0.136 e. The summed E-state index contributed by atoms with van der Waals surface area (Å²) in [6.07, 6.45) is 0. The molecule has 4 heterocycles. The van der Waals surface area contributed by atoms with Crippen LogP contribution < -0.4 is 0 Å². The van der Waals surface area contributed by atoms with Crippen LogP contribution in [-0.4, -0.2) is 0 Å². The van der Waals surface area contributed by atoms with Crippen molar-refractivity contribution in [3.63, 3.8) is 0 Å². The Kier molecular flexibility index (Phi) is 6.41. The Morgan fingerprint density at radius 2 is 0.431 bits per heavy atom. The van der Waals surface area contributed by atoms with Gasteiger partial charge in [-0.1, -0.05) is 103 Å². The zero-order valence-electron chi connectivity index (χ0n) is 31.0. The second kappa shape index (κ2) is 11.8. The molecule has 0 aliphatic rings. The lowest BCUT2D eigenvalue weighted by atomic mass is 9.97. The molecule has 4 nitrogen and oxygen atoms in total. The summed E-state index contributed by atoms with van der Waals surface area (Å²) in [5.74, 6) is 0. The number of rotatable bonds is 4. The van der Waals surface area contributed by atoms with Gasteiger partial charge in [0, 0.05) is 43.1 Å². The van der Waals surface area contributed by atoms with Crippen molar-refractivity contribution in [3.8, 4) is 44.5 Å². The van der Waals surface area contributed by atoms with E-state index in [0.717, 1.165) is 121 Å². The third kappa shape index (κ3) is 4.76. The van der Waals surface area contributed by atoms with Crippen LogP contribution in [0, 0.1) is 0 Å². The normalized spacial score (nSPS) is 12.1. The first kappa shape index (κ1) is 31.4. The summed E-state index contributed by atoms with van der Waals surface area (Å²) in [6, 6.07) is 63.8. The molecule has 58 heavy (non-hydrogen) atoms. The van der Waals surface area contributed by atoms with Crippen LogP contribution in [0.2, 0.25) is 0 Å². The average Bonchev–Trinajstić information content (AvgIpc) is 4.04. The quantitative estimate of drug-likeness (QED) is 0.180. The summed E-state index contributed by atoms with van der Waals surface area (Å²) in [4.78, 5) is 0. The number of hydrogen-bond acceptors (Lipinski definition) is 4. The zero-order chi connectivity index (χ0) is 37.9. The minimum Gasteiger partial charge on any atom is -0.456 e. The number of hydrogen-bond donors (Lipinski definition) is 0. The van der Waals surface area contributed by atoms with E-state index in [-0.39, 0.29) is 0 Å². The number of fused-ring (bicyclic) bond motifs is 12. The molecule has 0 N–H and O–H groups in total. The molecule has 0 aliphatic carbocycles. The van der Waals surface area contributed by atoms with Crippen molar-refractivity contribution < 1.29 is 17.7 Å². The molecule has 13 aromatic rings. The van der Waals surface area contributed by atoms with Gasteiger partial charge in [0.2, 0.25) is 0 Å². The van der Waals surface area contributed by atoms with E-state index in [1.807, 2.05) is 12.1 Å². The van der Waals surface area contributed by atoms with Crippen molar-refractivity contribution in [2.45, 2.75) is 0 Å². The van der Waals surface area contributed by atoms with Crippen LogP contribution in [0.15, 0.2) is 200 Å². The minimum absolute atomic E-state index is 0.846. The average molecular weight is 743 g/mol. The molecule has 0 radical (unpaired) electrons. The summed E-state index contributed by atoms with van der Waals surface area (Å²) in [6.45, 7) is 0. The zero-order valence-corrected chi connectivity index (χ0v) is 31.0. The van der Waals surface area contributed by atoms with E-state index in [1.54, 1.807) is 0 Å². The fourth-order valence-electron chi connectivity index (χ4n) is 8.95. The molecule has 0 atom stereocenters. The summed E-state index contributed by atoms with van der Waals surface area (Å²) in [5, 5.41) is 8.46. The van der Waals surface area contributed by atoms with Gasteiger partial charge in [-0.05, 0) is 123 Å². The molecule has 0 amide bonds. The molecule has 4 heteroatoms. The highest BCUT2D eigenvalue weighted by Gasteiger charge is 2.17. The maximum atomic E-state index is 6.46. The van der Waals surface area contributed by atoms with Crippen molar-refractivity contribution in [1.82, 2.24) is 0 Å². The van der Waals surface area contributed by atoms with Crippen LogP contribution in [-0.2, 0) is 0 Å². The molecule has 0 bridgehead atoms. The topological polar surface area (TPSA) is 52.6 Å². The standard InChI is InChI=1S/C54H30O4/c1-3-8-31(9-4-1)35-14-18-47-39(23-35)43-27-53-45(29-51(43)55-47)41-25-37(16-20-49(41)57-53)33-12-7-13-34(22-33)38-17-21-50-42(26-38)46-30-52-44(28-54(46)58-50)40-24-36(15-19-48(40)56-52)32-10-5-2-6-11-32/h1-30H. The lowest BCUT2D eigenvalue weighted by Crippen LogP contribution is -1.82.